The van der Waals surface area contributed by atoms with Crippen LogP contribution in [0.1, 0.15) is 57.1 Å². The molecule has 3 heteroatoms. The van der Waals surface area contributed by atoms with Gasteiger partial charge in [-0.25, -0.2) is 0 Å². The van der Waals surface area contributed by atoms with Crippen LogP contribution in [-0.4, -0.2) is 7.05 Å². The number of nitrogens with one attached hydrogen (secondary N) is 1. The molecule has 1 unspecified atom stereocenters. The van der Waals surface area contributed by atoms with Crippen molar-refractivity contribution in [3.63, 3.8) is 0 Å². The van der Waals surface area contributed by atoms with Gasteiger partial charge in [-0.3, -0.25) is 0 Å². The topological polar surface area (TPSA) is 25.2 Å². The molecule has 1 rings (SSSR count). The first-order valence-electron chi connectivity index (χ1n) is 6.19. The van der Waals surface area contributed by atoms with E-state index in [-0.39, 0.29) is 0 Å². The van der Waals surface area contributed by atoms with Crippen molar-refractivity contribution >= 4 is 15.9 Å². The maximum atomic E-state index is 5.27. The lowest BCUT2D eigenvalue weighted by Gasteiger charge is -2.14. The fraction of sp³-hybridized carbons (Fsp3) is 0.692. The second-order valence-electron chi connectivity index (χ2n) is 4.19. The van der Waals surface area contributed by atoms with E-state index in [9.17, 15) is 0 Å². The van der Waals surface area contributed by atoms with Crippen LogP contribution in [-0.2, 0) is 0 Å². The largest absolute Gasteiger partial charge is 0.457 e. The lowest BCUT2D eigenvalue weighted by atomic mass is 10.0. The number of hydrogen-bond donors (Lipinski definition) is 1. The highest BCUT2D eigenvalue weighted by atomic mass is 79.9. The predicted molar refractivity (Wildman–Crippen MR) is 71.6 cm³/mol. The smallest absolute Gasteiger partial charge is 0.173 e. The Morgan fingerprint density at radius 2 is 2.06 bits per heavy atom. The van der Waals surface area contributed by atoms with E-state index in [0.29, 0.717) is 6.04 Å². The zero-order chi connectivity index (χ0) is 11.8. The maximum Gasteiger partial charge on any atom is 0.173 e. The molecule has 16 heavy (non-hydrogen) atoms. The second kappa shape index (κ2) is 7.91. The summed E-state index contributed by atoms with van der Waals surface area (Å²) in [5, 5.41) is 3.35. The van der Waals surface area contributed by atoms with Gasteiger partial charge in [0.05, 0.1) is 6.26 Å². The molecular weight excluding hydrogens is 266 g/mol. The van der Waals surface area contributed by atoms with Crippen LogP contribution in [0.25, 0.3) is 0 Å². The van der Waals surface area contributed by atoms with Gasteiger partial charge in [0.2, 0.25) is 0 Å². The van der Waals surface area contributed by atoms with Crippen LogP contribution in [0.15, 0.2) is 21.4 Å². The molecule has 0 radical (unpaired) electrons. The van der Waals surface area contributed by atoms with Gasteiger partial charge >= 0.3 is 0 Å². The molecule has 2 nitrogen and oxygen atoms in total. The van der Waals surface area contributed by atoms with Crippen molar-refractivity contribution in [2.45, 2.75) is 51.5 Å². The SMILES string of the molecule is CCCCCCCC(NC)c1ccoc1Br. The van der Waals surface area contributed by atoms with E-state index in [2.05, 4.69) is 28.2 Å². The highest BCUT2D eigenvalue weighted by Crippen LogP contribution is 2.27. The van der Waals surface area contributed by atoms with E-state index in [4.69, 9.17) is 4.42 Å². The van der Waals surface area contributed by atoms with Crippen LogP contribution in [0, 0.1) is 0 Å². The average Bonchev–Trinajstić information content (AvgIpc) is 2.70. The zero-order valence-corrected chi connectivity index (χ0v) is 11.8. The van der Waals surface area contributed by atoms with E-state index < -0.39 is 0 Å². The highest BCUT2D eigenvalue weighted by molar-refractivity contribution is 9.10. The molecule has 0 amide bonds. The quantitative estimate of drug-likeness (QED) is 0.704. The molecule has 0 saturated carbocycles. The van der Waals surface area contributed by atoms with Crippen molar-refractivity contribution in [3.8, 4) is 0 Å². The fourth-order valence-electron chi connectivity index (χ4n) is 1.96. The van der Waals surface area contributed by atoms with Crippen LogP contribution < -0.4 is 5.32 Å². The van der Waals surface area contributed by atoms with Gasteiger partial charge in [0.25, 0.3) is 0 Å². The lowest BCUT2D eigenvalue weighted by Crippen LogP contribution is -2.15. The molecule has 0 bridgehead atoms. The number of halogens is 1. The summed E-state index contributed by atoms with van der Waals surface area (Å²) in [5.41, 5.74) is 1.23. The Bertz CT molecular complexity index is 285. The molecular formula is C13H22BrNO. The third-order valence-electron chi connectivity index (χ3n) is 2.97. The first-order chi connectivity index (χ1) is 7.79. The molecule has 0 aliphatic heterocycles. The third-order valence-corrected chi connectivity index (χ3v) is 3.61. The summed E-state index contributed by atoms with van der Waals surface area (Å²) in [6, 6.07) is 2.45. The molecule has 1 aromatic heterocycles. The third kappa shape index (κ3) is 4.30. The second-order valence-corrected chi connectivity index (χ2v) is 4.91. The van der Waals surface area contributed by atoms with E-state index >= 15 is 0 Å². The summed E-state index contributed by atoms with van der Waals surface area (Å²) in [5.74, 6) is 0. The lowest BCUT2D eigenvalue weighted by molar-refractivity contribution is 0.482. The number of hydrogen-bond acceptors (Lipinski definition) is 2. The van der Waals surface area contributed by atoms with Crippen molar-refractivity contribution in [1.82, 2.24) is 5.32 Å². The van der Waals surface area contributed by atoms with Gasteiger partial charge in [-0.05, 0) is 35.5 Å². The Hall–Kier alpha value is -0.280. The molecule has 0 spiro atoms. The molecule has 1 aromatic rings. The normalized spacial score (nSPS) is 12.9. The van der Waals surface area contributed by atoms with Crippen molar-refractivity contribution in [2.24, 2.45) is 0 Å². The average molecular weight is 288 g/mol. The van der Waals surface area contributed by atoms with Crippen molar-refractivity contribution < 1.29 is 4.42 Å². The van der Waals surface area contributed by atoms with E-state index in [1.807, 2.05) is 13.1 Å². The van der Waals surface area contributed by atoms with E-state index in [1.54, 1.807) is 6.26 Å². The highest BCUT2D eigenvalue weighted by Gasteiger charge is 2.13. The Morgan fingerprint density at radius 1 is 1.31 bits per heavy atom. The summed E-state index contributed by atoms with van der Waals surface area (Å²) >= 11 is 3.43. The van der Waals surface area contributed by atoms with E-state index in [1.165, 1.54) is 44.1 Å². The van der Waals surface area contributed by atoms with Crippen molar-refractivity contribution in [2.75, 3.05) is 7.05 Å². The zero-order valence-electron chi connectivity index (χ0n) is 10.3. The van der Waals surface area contributed by atoms with Gasteiger partial charge in [0.1, 0.15) is 0 Å². The minimum absolute atomic E-state index is 0.412. The van der Waals surface area contributed by atoms with Gasteiger partial charge in [0, 0.05) is 11.6 Å². The summed E-state index contributed by atoms with van der Waals surface area (Å²) in [7, 11) is 2.01. The molecule has 1 heterocycles. The molecule has 0 aliphatic carbocycles. The Labute approximate surface area is 107 Å². The molecule has 0 aromatic carbocycles. The standard InChI is InChI=1S/C13H22BrNO/c1-3-4-5-6-7-8-12(15-2)11-9-10-16-13(11)14/h9-10,12,15H,3-8H2,1-2H3. The minimum Gasteiger partial charge on any atom is -0.457 e. The van der Waals surface area contributed by atoms with Crippen LogP contribution >= 0.6 is 15.9 Å². The van der Waals surface area contributed by atoms with Crippen molar-refractivity contribution in [1.29, 1.82) is 0 Å². The molecule has 92 valence electrons. The minimum atomic E-state index is 0.412. The Morgan fingerprint density at radius 3 is 2.62 bits per heavy atom. The van der Waals surface area contributed by atoms with Gasteiger partial charge in [-0.2, -0.15) is 0 Å². The first kappa shape index (κ1) is 13.8. The molecule has 1 N–H and O–H groups in total. The summed E-state index contributed by atoms with van der Waals surface area (Å²) < 4.78 is 6.13. The summed E-state index contributed by atoms with van der Waals surface area (Å²) in [4.78, 5) is 0. The Kier molecular flexibility index (Phi) is 6.81. The number of furan rings is 1. The summed E-state index contributed by atoms with van der Waals surface area (Å²) in [6.45, 7) is 2.25. The number of unbranched alkanes of at least 4 members (excludes halogenated alkanes) is 4. The molecule has 1 atom stereocenters. The Balaban J connectivity index is 2.30. The predicted octanol–water partition coefficient (Wildman–Crippen LogP) is 4.66. The van der Waals surface area contributed by atoms with Gasteiger partial charge in [-0.15, -0.1) is 0 Å². The molecule has 0 aliphatic rings. The number of rotatable bonds is 8. The van der Waals surface area contributed by atoms with Gasteiger partial charge in [-0.1, -0.05) is 39.0 Å². The maximum absolute atomic E-state index is 5.27. The first-order valence-corrected chi connectivity index (χ1v) is 6.99. The fourth-order valence-corrected chi connectivity index (χ4v) is 2.48. The molecule has 0 saturated heterocycles. The monoisotopic (exact) mass is 287 g/mol. The van der Waals surface area contributed by atoms with E-state index in [0.717, 1.165) is 4.67 Å². The van der Waals surface area contributed by atoms with Crippen LogP contribution in [0.2, 0.25) is 0 Å². The van der Waals surface area contributed by atoms with Crippen LogP contribution in [0.4, 0.5) is 0 Å². The molecule has 0 fully saturated rings. The van der Waals surface area contributed by atoms with Crippen LogP contribution in [0.5, 0.6) is 0 Å². The summed E-state index contributed by atoms with van der Waals surface area (Å²) in [6.07, 6.45) is 9.56. The van der Waals surface area contributed by atoms with Gasteiger partial charge in [0.15, 0.2) is 4.67 Å². The van der Waals surface area contributed by atoms with Crippen molar-refractivity contribution in [3.05, 3.63) is 22.6 Å². The van der Waals surface area contributed by atoms with Crippen LogP contribution in [0.3, 0.4) is 0 Å². The van der Waals surface area contributed by atoms with Gasteiger partial charge < -0.3 is 9.73 Å².